The van der Waals surface area contributed by atoms with E-state index < -0.39 is 8.07 Å². The molecule has 0 heterocycles. The van der Waals surface area contributed by atoms with Crippen molar-refractivity contribution in [2.24, 2.45) is 0 Å². The summed E-state index contributed by atoms with van der Waals surface area (Å²) in [5, 5.41) is 0. The Kier molecular flexibility index (Phi) is 8.09. The van der Waals surface area contributed by atoms with Gasteiger partial charge in [-0.15, -0.1) is 5.54 Å². The van der Waals surface area contributed by atoms with Crippen LogP contribution in [-0.4, -0.2) is 8.07 Å². The molecule has 0 aliphatic heterocycles. The lowest BCUT2D eigenvalue weighted by molar-refractivity contribution is 0.838. The van der Waals surface area contributed by atoms with E-state index in [1.807, 2.05) is 6.07 Å². The molecule has 146 valence electrons. The summed E-state index contributed by atoms with van der Waals surface area (Å²) in [6.07, 6.45) is 6.46. The van der Waals surface area contributed by atoms with Gasteiger partial charge in [0.25, 0.3) is 0 Å². The Bertz CT molecular complexity index is 822. The molecule has 1 heteroatoms. The van der Waals surface area contributed by atoms with Gasteiger partial charge in [0.2, 0.25) is 0 Å². The molecular weight excluding hydrogens is 352 g/mol. The molecule has 0 fully saturated rings. The first-order chi connectivity index (χ1) is 13.4. The van der Waals surface area contributed by atoms with Gasteiger partial charge in [-0.2, -0.15) is 0 Å². The van der Waals surface area contributed by atoms with Crippen molar-refractivity contribution in [1.29, 1.82) is 0 Å². The van der Waals surface area contributed by atoms with Crippen molar-refractivity contribution in [3.8, 4) is 11.5 Å². The van der Waals surface area contributed by atoms with Gasteiger partial charge < -0.3 is 0 Å². The van der Waals surface area contributed by atoms with E-state index in [1.165, 1.54) is 11.1 Å². The average Bonchev–Trinajstić information content (AvgIpc) is 2.68. The van der Waals surface area contributed by atoms with Gasteiger partial charge in [0.1, 0.15) is 8.07 Å². The SMILES string of the molecule is CC(C)[Si](C#C/C=C(/C=C/c1ccccc1)c1ccccc1)(C(C)C)C(C)C. The van der Waals surface area contributed by atoms with Gasteiger partial charge in [-0.3, -0.25) is 0 Å². The summed E-state index contributed by atoms with van der Waals surface area (Å²) < 4.78 is 0. The Morgan fingerprint density at radius 1 is 0.750 bits per heavy atom. The summed E-state index contributed by atoms with van der Waals surface area (Å²) in [4.78, 5) is 0. The largest absolute Gasteiger partial charge is 0.146 e. The Morgan fingerprint density at radius 3 is 1.75 bits per heavy atom. The highest BCUT2D eigenvalue weighted by atomic mass is 28.3. The Morgan fingerprint density at radius 2 is 1.25 bits per heavy atom. The standard InChI is InChI=1S/C27H34Si/c1-22(2)28(23(3)4,24(5)6)21-13-18-27(26-16-11-8-12-17-26)20-19-25-14-9-7-10-15-25/h7-12,14-20,22-24H,1-6H3/b20-19+,27-18-. The number of rotatable bonds is 6. The van der Waals surface area contributed by atoms with Crippen LogP contribution < -0.4 is 0 Å². The lowest BCUT2D eigenvalue weighted by atomic mass is 10.0. The van der Waals surface area contributed by atoms with Crippen molar-refractivity contribution in [2.75, 3.05) is 0 Å². The maximum atomic E-state index is 3.81. The van der Waals surface area contributed by atoms with Crippen molar-refractivity contribution in [2.45, 2.75) is 58.2 Å². The van der Waals surface area contributed by atoms with E-state index >= 15 is 0 Å². The van der Waals surface area contributed by atoms with E-state index in [0.717, 1.165) is 5.57 Å². The fraction of sp³-hybridized carbons (Fsp3) is 0.333. The molecule has 0 aromatic heterocycles. The number of hydrogen-bond donors (Lipinski definition) is 0. The van der Waals surface area contributed by atoms with Crippen LogP contribution in [-0.2, 0) is 0 Å². The summed E-state index contributed by atoms with van der Waals surface area (Å²) in [5.74, 6) is 3.50. The number of benzene rings is 2. The van der Waals surface area contributed by atoms with E-state index in [4.69, 9.17) is 0 Å². The Balaban J connectivity index is 2.46. The van der Waals surface area contributed by atoms with Gasteiger partial charge in [-0.25, -0.2) is 0 Å². The van der Waals surface area contributed by atoms with Crippen molar-refractivity contribution in [3.63, 3.8) is 0 Å². The molecular formula is C27H34Si. The third-order valence-corrected chi connectivity index (χ3v) is 12.1. The maximum absolute atomic E-state index is 3.81. The minimum absolute atomic E-state index is 0.647. The summed E-state index contributed by atoms with van der Waals surface area (Å²) >= 11 is 0. The fourth-order valence-corrected chi connectivity index (χ4v) is 9.47. The first kappa shape index (κ1) is 22.0. The summed E-state index contributed by atoms with van der Waals surface area (Å²) in [7, 11) is -1.71. The smallest absolute Gasteiger partial charge is 0.126 e. The zero-order valence-electron chi connectivity index (χ0n) is 18.2. The summed E-state index contributed by atoms with van der Waals surface area (Å²) in [6, 6.07) is 21.0. The van der Waals surface area contributed by atoms with Crippen LogP contribution in [0.25, 0.3) is 11.6 Å². The van der Waals surface area contributed by atoms with Crippen LogP contribution in [0.15, 0.2) is 72.8 Å². The fourth-order valence-electron chi connectivity index (χ4n) is 4.28. The summed E-state index contributed by atoms with van der Waals surface area (Å²) in [6.45, 7) is 14.2. The molecule has 28 heavy (non-hydrogen) atoms. The second-order valence-electron chi connectivity index (χ2n) is 8.38. The Labute approximate surface area is 173 Å². The lowest BCUT2D eigenvalue weighted by Crippen LogP contribution is -2.43. The molecule has 0 saturated heterocycles. The van der Waals surface area contributed by atoms with Crippen LogP contribution in [0.1, 0.15) is 52.7 Å². The zero-order valence-corrected chi connectivity index (χ0v) is 19.2. The predicted octanol–water partition coefficient (Wildman–Crippen LogP) is 8.00. The molecule has 0 unspecified atom stereocenters. The maximum Gasteiger partial charge on any atom is 0.146 e. The highest BCUT2D eigenvalue weighted by Crippen LogP contribution is 2.40. The topological polar surface area (TPSA) is 0 Å². The summed E-state index contributed by atoms with van der Waals surface area (Å²) in [5.41, 5.74) is 9.32. The molecule has 0 aliphatic carbocycles. The van der Waals surface area contributed by atoms with Gasteiger partial charge in [0.05, 0.1) is 0 Å². The predicted molar refractivity (Wildman–Crippen MR) is 129 cm³/mol. The molecule has 2 aromatic rings. The van der Waals surface area contributed by atoms with Crippen LogP contribution in [0.4, 0.5) is 0 Å². The van der Waals surface area contributed by atoms with Crippen molar-refractivity contribution in [3.05, 3.63) is 83.9 Å². The van der Waals surface area contributed by atoms with Crippen molar-refractivity contribution >= 4 is 19.7 Å². The highest BCUT2D eigenvalue weighted by Gasteiger charge is 2.41. The van der Waals surface area contributed by atoms with Gasteiger partial charge in [-0.05, 0) is 39.4 Å². The quantitative estimate of drug-likeness (QED) is 0.268. The molecule has 0 N–H and O–H groups in total. The molecule has 0 nitrogen and oxygen atoms in total. The second kappa shape index (κ2) is 10.3. The first-order valence-electron chi connectivity index (χ1n) is 10.4. The van der Waals surface area contributed by atoms with Crippen molar-refractivity contribution < 1.29 is 0 Å². The third-order valence-electron chi connectivity index (χ3n) is 5.74. The van der Waals surface area contributed by atoms with Gasteiger partial charge in [0, 0.05) is 0 Å². The zero-order chi connectivity index (χ0) is 20.6. The van der Waals surface area contributed by atoms with Crippen LogP contribution in [0.5, 0.6) is 0 Å². The molecule has 0 saturated carbocycles. The molecule has 2 aromatic carbocycles. The van der Waals surface area contributed by atoms with Crippen LogP contribution in [0.3, 0.4) is 0 Å². The normalized spacial score (nSPS) is 12.7. The van der Waals surface area contributed by atoms with Crippen molar-refractivity contribution in [1.82, 2.24) is 0 Å². The number of allylic oxidation sites excluding steroid dienone is 3. The average molecular weight is 387 g/mol. The molecule has 0 aliphatic rings. The molecule has 0 amide bonds. The minimum Gasteiger partial charge on any atom is -0.126 e. The minimum atomic E-state index is -1.71. The van der Waals surface area contributed by atoms with Crippen LogP contribution in [0.2, 0.25) is 16.6 Å². The molecule has 0 radical (unpaired) electrons. The molecule has 0 spiro atoms. The van der Waals surface area contributed by atoms with Gasteiger partial charge in [0.15, 0.2) is 0 Å². The highest BCUT2D eigenvalue weighted by molar-refractivity contribution is 6.90. The van der Waals surface area contributed by atoms with E-state index in [9.17, 15) is 0 Å². The third kappa shape index (κ3) is 5.37. The Hall–Kier alpha value is -2.30. The molecule has 0 atom stereocenters. The van der Waals surface area contributed by atoms with E-state index in [1.54, 1.807) is 0 Å². The second-order valence-corrected chi connectivity index (χ2v) is 14.0. The van der Waals surface area contributed by atoms with Gasteiger partial charge in [-0.1, -0.05) is 120 Å². The monoisotopic (exact) mass is 386 g/mol. The van der Waals surface area contributed by atoms with Gasteiger partial charge >= 0.3 is 0 Å². The van der Waals surface area contributed by atoms with E-state index in [-0.39, 0.29) is 0 Å². The molecule has 2 rings (SSSR count). The van der Waals surface area contributed by atoms with E-state index in [2.05, 4.69) is 126 Å². The molecule has 0 bridgehead atoms. The van der Waals surface area contributed by atoms with Crippen LogP contribution in [0, 0.1) is 11.5 Å². The first-order valence-corrected chi connectivity index (χ1v) is 12.6. The van der Waals surface area contributed by atoms with Crippen LogP contribution >= 0.6 is 0 Å². The van der Waals surface area contributed by atoms with E-state index in [0.29, 0.717) is 16.6 Å². The number of hydrogen-bond acceptors (Lipinski definition) is 0. The lowest BCUT2D eigenvalue weighted by Gasteiger charge is -2.38.